The molecule has 146 valence electrons. The third-order valence-corrected chi connectivity index (χ3v) is 5.19. The van der Waals surface area contributed by atoms with E-state index in [0.29, 0.717) is 18.0 Å². The number of rotatable bonds is 9. The van der Waals surface area contributed by atoms with Gasteiger partial charge in [-0.2, -0.15) is 0 Å². The van der Waals surface area contributed by atoms with Gasteiger partial charge in [0.05, 0.1) is 16.7 Å². The Hall–Kier alpha value is -2.38. The van der Waals surface area contributed by atoms with E-state index in [1.165, 1.54) is 12.1 Å². The van der Waals surface area contributed by atoms with Crippen LogP contribution in [0.1, 0.15) is 44.0 Å². The maximum Gasteiger partial charge on any atom is 0.255 e. The molecule has 2 aromatic rings. The van der Waals surface area contributed by atoms with E-state index in [9.17, 15) is 13.2 Å². The van der Waals surface area contributed by atoms with Crippen molar-refractivity contribution in [2.75, 3.05) is 11.9 Å². The van der Waals surface area contributed by atoms with Gasteiger partial charge >= 0.3 is 0 Å². The summed E-state index contributed by atoms with van der Waals surface area (Å²) in [6, 6.07) is 13.1. The molecule has 2 aromatic carbocycles. The van der Waals surface area contributed by atoms with Crippen LogP contribution in [-0.4, -0.2) is 27.0 Å². The van der Waals surface area contributed by atoms with Crippen LogP contribution >= 0.6 is 0 Å². The molecule has 0 atom stereocenters. The summed E-state index contributed by atoms with van der Waals surface area (Å²) in [5.74, 6) is 0.159. The Morgan fingerprint density at radius 1 is 1.11 bits per heavy atom. The van der Waals surface area contributed by atoms with Gasteiger partial charge < -0.3 is 10.1 Å². The molecule has 0 unspecified atom stereocenters. The Balaban J connectivity index is 2.19. The van der Waals surface area contributed by atoms with Crippen LogP contribution in [-0.2, 0) is 10.0 Å². The molecule has 2 rings (SSSR count). The Morgan fingerprint density at radius 2 is 1.85 bits per heavy atom. The number of para-hydroxylation sites is 2. The van der Waals surface area contributed by atoms with Crippen molar-refractivity contribution in [3.05, 3.63) is 54.1 Å². The molecule has 0 bridgehead atoms. The summed E-state index contributed by atoms with van der Waals surface area (Å²) in [6.07, 6.45) is 1.61. The topological polar surface area (TPSA) is 84.5 Å². The van der Waals surface area contributed by atoms with E-state index in [4.69, 9.17) is 4.74 Å². The lowest BCUT2D eigenvalue weighted by Gasteiger charge is -2.15. The lowest BCUT2D eigenvalue weighted by atomic mass is 10.2. The van der Waals surface area contributed by atoms with E-state index >= 15 is 0 Å². The molecule has 0 aliphatic rings. The number of unbranched alkanes of at least 4 members (excludes halogenated alkanes) is 1. The van der Waals surface area contributed by atoms with Crippen molar-refractivity contribution < 1.29 is 17.9 Å². The zero-order chi connectivity index (χ0) is 19.9. The van der Waals surface area contributed by atoms with Crippen LogP contribution in [0.2, 0.25) is 0 Å². The van der Waals surface area contributed by atoms with Crippen molar-refractivity contribution in [2.24, 2.45) is 0 Å². The molecule has 0 saturated carbocycles. The second-order valence-corrected chi connectivity index (χ2v) is 8.16. The molecule has 0 aliphatic heterocycles. The van der Waals surface area contributed by atoms with E-state index in [2.05, 4.69) is 10.0 Å². The van der Waals surface area contributed by atoms with Crippen LogP contribution in [0.4, 0.5) is 5.69 Å². The summed E-state index contributed by atoms with van der Waals surface area (Å²) in [6.45, 7) is 6.16. The number of hydrogen-bond acceptors (Lipinski definition) is 4. The molecule has 7 heteroatoms. The first-order valence-electron chi connectivity index (χ1n) is 9.00. The molecule has 0 fully saturated rings. The number of sulfonamides is 1. The van der Waals surface area contributed by atoms with Gasteiger partial charge in [0, 0.05) is 12.1 Å². The normalized spacial score (nSPS) is 11.4. The monoisotopic (exact) mass is 390 g/mol. The van der Waals surface area contributed by atoms with Gasteiger partial charge in [0.2, 0.25) is 10.0 Å². The van der Waals surface area contributed by atoms with Gasteiger partial charge in [0.1, 0.15) is 5.75 Å². The van der Waals surface area contributed by atoms with Gasteiger partial charge in [-0.25, -0.2) is 13.1 Å². The van der Waals surface area contributed by atoms with Crippen molar-refractivity contribution in [1.82, 2.24) is 4.72 Å². The highest BCUT2D eigenvalue weighted by Crippen LogP contribution is 2.25. The minimum atomic E-state index is -3.64. The van der Waals surface area contributed by atoms with Crippen molar-refractivity contribution in [2.45, 2.75) is 44.6 Å². The third kappa shape index (κ3) is 6.08. The minimum absolute atomic E-state index is 0.0364. The second kappa shape index (κ2) is 9.53. The van der Waals surface area contributed by atoms with E-state index in [-0.39, 0.29) is 16.6 Å². The van der Waals surface area contributed by atoms with Gasteiger partial charge in [-0.3, -0.25) is 4.79 Å². The zero-order valence-electron chi connectivity index (χ0n) is 15.9. The first-order chi connectivity index (χ1) is 12.8. The first-order valence-corrected chi connectivity index (χ1v) is 10.5. The van der Waals surface area contributed by atoms with Crippen LogP contribution in [0.3, 0.4) is 0 Å². The molecular weight excluding hydrogens is 364 g/mol. The Morgan fingerprint density at radius 3 is 2.56 bits per heavy atom. The summed E-state index contributed by atoms with van der Waals surface area (Å²) in [5, 5.41) is 2.78. The molecule has 2 N–H and O–H groups in total. The molecule has 0 aromatic heterocycles. The number of carbonyl (C=O) groups is 1. The minimum Gasteiger partial charge on any atom is -0.489 e. The smallest absolute Gasteiger partial charge is 0.255 e. The number of nitrogens with one attached hydrogen (secondary N) is 2. The fourth-order valence-electron chi connectivity index (χ4n) is 2.39. The maximum atomic E-state index is 12.6. The predicted octanol–water partition coefficient (Wildman–Crippen LogP) is 3.80. The third-order valence-electron chi connectivity index (χ3n) is 3.73. The Bertz CT molecular complexity index is 879. The molecular formula is C20H26N2O4S. The second-order valence-electron chi connectivity index (χ2n) is 6.40. The number of amides is 1. The summed E-state index contributed by atoms with van der Waals surface area (Å²) in [7, 11) is -3.64. The largest absolute Gasteiger partial charge is 0.489 e. The van der Waals surface area contributed by atoms with Crippen molar-refractivity contribution >= 4 is 21.6 Å². The summed E-state index contributed by atoms with van der Waals surface area (Å²) in [5.41, 5.74) is 0.790. The standard InChI is InChI=1S/C20H26N2O4S/c1-4-5-13-21-27(24,25)17-10-8-9-16(14-17)20(23)22-18-11-6-7-12-19(18)26-15(2)3/h6-12,14-15,21H,4-5,13H2,1-3H3,(H,22,23). The lowest BCUT2D eigenvalue weighted by molar-refractivity contribution is 0.102. The van der Waals surface area contributed by atoms with Gasteiger partial charge in [-0.15, -0.1) is 0 Å². The number of benzene rings is 2. The van der Waals surface area contributed by atoms with E-state index in [0.717, 1.165) is 12.8 Å². The zero-order valence-corrected chi connectivity index (χ0v) is 16.7. The molecule has 0 aliphatic carbocycles. The predicted molar refractivity (Wildman–Crippen MR) is 107 cm³/mol. The molecule has 0 radical (unpaired) electrons. The van der Waals surface area contributed by atoms with Crippen LogP contribution in [0.25, 0.3) is 0 Å². The van der Waals surface area contributed by atoms with Crippen molar-refractivity contribution in [3.63, 3.8) is 0 Å². The Kier molecular flexibility index (Phi) is 7.38. The number of carbonyl (C=O) groups excluding carboxylic acids is 1. The quantitative estimate of drug-likeness (QED) is 0.638. The van der Waals surface area contributed by atoms with E-state index in [1.807, 2.05) is 26.8 Å². The fourth-order valence-corrected chi connectivity index (χ4v) is 3.51. The van der Waals surface area contributed by atoms with Gasteiger partial charge in [0.25, 0.3) is 5.91 Å². The highest BCUT2D eigenvalue weighted by atomic mass is 32.2. The maximum absolute atomic E-state index is 12.6. The molecule has 0 heterocycles. The van der Waals surface area contributed by atoms with Gasteiger partial charge in [-0.05, 0) is 50.6 Å². The molecule has 0 saturated heterocycles. The van der Waals surface area contributed by atoms with Crippen LogP contribution in [0.5, 0.6) is 5.75 Å². The highest BCUT2D eigenvalue weighted by Gasteiger charge is 2.16. The number of anilines is 1. The average molecular weight is 391 g/mol. The molecule has 27 heavy (non-hydrogen) atoms. The number of hydrogen-bond donors (Lipinski definition) is 2. The fraction of sp³-hybridized carbons (Fsp3) is 0.350. The van der Waals surface area contributed by atoms with Crippen molar-refractivity contribution in [3.8, 4) is 5.75 Å². The summed E-state index contributed by atoms with van der Waals surface area (Å²) >= 11 is 0. The lowest BCUT2D eigenvalue weighted by Crippen LogP contribution is -2.25. The van der Waals surface area contributed by atoms with Crippen LogP contribution < -0.4 is 14.8 Å². The van der Waals surface area contributed by atoms with Gasteiger partial charge in [0.15, 0.2) is 0 Å². The summed E-state index contributed by atoms with van der Waals surface area (Å²) in [4.78, 5) is 12.7. The van der Waals surface area contributed by atoms with Gasteiger partial charge in [-0.1, -0.05) is 31.5 Å². The molecule has 6 nitrogen and oxygen atoms in total. The number of ether oxygens (including phenoxy) is 1. The van der Waals surface area contributed by atoms with E-state index in [1.54, 1.807) is 30.3 Å². The van der Waals surface area contributed by atoms with Crippen LogP contribution in [0, 0.1) is 0 Å². The Labute approximate surface area is 161 Å². The summed E-state index contributed by atoms with van der Waals surface area (Å²) < 4.78 is 32.9. The highest BCUT2D eigenvalue weighted by molar-refractivity contribution is 7.89. The SMILES string of the molecule is CCCCNS(=O)(=O)c1cccc(C(=O)Nc2ccccc2OC(C)C)c1. The molecule has 1 amide bonds. The van der Waals surface area contributed by atoms with E-state index < -0.39 is 15.9 Å². The molecule has 0 spiro atoms. The first kappa shape index (κ1) is 20.9. The average Bonchev–Trinajstić information content (AvgIpc) is 2.63. The van der Waals surface area contributed by atoms with Crippen molar-refractivity contribution in [1.29, 1.82) is 0 Å². The van der Waals surface area contributed by atoms with Crippen LogP contribution in [0.15, 0.2) is 53.4 Å².